The Labute approximate surface area is 578 Å². The van der Waals surface area contributed by atoms with Gasteiger partial charge in [0.25, 0.3) is 0 Å². The monoisotopic (exact) mass is 1340 g/mol. The number of likely N-dealkylation sites (N-methyl/N-ethyl adjacent to an activating group) is 3. The number of carbonyl (C=O) groups excluding carboxylic acids is 2. The molecule has 3 saturated heterocycles. The van der Waals surface area contributed by atoms with Crippen molar-refractivity contribution >= 4 is 102 Å². The van der Waals surface area contributed by atoms with Crippen molar-refractivity contribution in [2.24, 2.45) is 5.41 Å². The molecule has 0 unspecified atom stereocenters. The van der Waals surface area contributed by atoms with Crippen LogP contribution in [-0.2, 0) is 17.5 Å². The van der Waals surface area contributed by atoms with E-state index in [1.54, 1.807) is 17.5 Å². The van der Waals surface area contributed by atoms with Crippen LogP contribution in [0.15, 0.2) is 97.4 Å². The molecule has 0 aromatic carbocycles. The lowest BCUT2D eigenvalue weighted by Crippen LogP contribution is -2.55. The Balaban J connectivity index is 0.000000115. The Bertz CT molecular complexity index is 4090. The summed E-state index contributed by atoms with van der Waals surface area (Å²) in [6, 6.07) is 14.3. The molecule has 6 aliphatic carbocycles. The van der Waals surface area contributed by atoms with Crippen LogP contribution in [0.3, 0.4) is 0 Å². The SMILES string of the molecule is CN1CCN(c2ccc(Nc3ncc4c(n3)C3=C(C=CCC35CCCCC5)C4)nc2)CC1.CN1CCN(c2ccc(Nc3ncc4cc5n(c4n3)C3(CCCCC3)NCC5=O)nc2)CC1.CN1CCN(c2ccc(Nc3ncc4sc5c(c4n3)C3(CCCCC3)CCC5=O)nc2)CC1. The predicted molar refractivity (Wildman–Crippen MR) is 390 cm³/mol. The number of rotatable bonds is 9. The largest absolute Gasteiger partial charge is 0.368 e. The molecule has 3 saturated carbocycles. The van der Waals surface area contributed by atoms with Crippen LogP contribution in [-0.4, -0.2) is 182 Å². The van der Waals surface area contributed by atoms with Crippen molar-refractivity contribution in [3.8, 4) is 0 Å². The molecule has 18 rings (SSSR count). The molecule has 4 N–H and O–H groups in total. The van der Waals surface area contributed by atoms with Gasteiger partial charge in [-0.15, -0.1) is 11.3 Å². The zero-order chi connectivity index (χ0) is 66.4. The smallest absolute Gasteiger partial charge is 0.230 e. The topological polar surface area (TPSA) is 223 Å². The lowest BCUT2D eigenvalue weighted by atomic mass is 9.64. The molecule has 0 bridgehead atoms. The van der Waals surface area contributed by atoms with Crippen molar-refractivity contribution in [1.82, 2.24) is 69.4 Å². The number of ketones is 2. The number of carbonyl (C=O) groups is 2. The Hall–Kier alpha value is -8.35. The van der Waals surface area contributed by atoms with Crippen LogP contribution in [0.5, 0.6) is 0 Å². The number of thiophene rings is 1. The third-order valence-electron chi connectivity index (χ3n) is 22.9. The summed E-state index contributed by atoms with van der Waals surface area (Å²) in [7, 11) is 6.50. The van der Waals surface area contributed by atoms with E-state index >= 15 is 0 Å². The van der Waals surface area contributed by atoms with Gasteiger partial charge in [-0.25, -0.2) is 39.9 Å². The van der Waals surface area contributed by atoms with Crippen molar-refractivity contribution < 1.29 is 9.59 Å². The first-order valence-electron chi connectivity index (χ1n) is 36.2. The molecule has 12 heterocycles. The van der Waals surface area contributed by atoms with E-state index in [0.717, 1.165) is 178 Å². The standard InChI is InChI=1S/C26H32N6.C25H30N6OS.C24H30N8O/c1-31-12-14-32(15-13-31)21-7-8-22(27-18-21)29-25-28-17-20-16-19-6-5-11-26(9-3-2-4-10-26)23(19)24(20)30-25;1-30-11-13-31(14-12-30)17-5-6-20(26-15-17)28-24-27-16-19-22(29-24)21-23(33-19)18(32)7-10-25(21)8-3-2-4-9-25;1-30-9-11-31(12-10-30)18-5-6-21(25-15-18)28-23-26-14-17-13-19-20(33)16-27-24(7-3-2-4-8-24)32(19)22(17)29-23/h5-8,17-18H,2-4,9-16H2,1H3,(H,27,28,29,30);5-6,15-16H,2-4,7-14H2,1H3,(H,26,27,28,29);5-6,13-15,27H,2-4,7-12,16H2,1H3,(H,25,26,28,29). The van der Waals surface area contributed by atoms with E-state index in [2.05, 4.69) is 137 Å². The van der Waals surface area contributed by atoms with E-state index in [4.69, 9.17) is 15.0 Å². The third-order valence-corrected chi connectivity index (χ3v) is 24.1. The van der Waals surface area contributed by atoms with Gasteiger partial charge in [0.2, 0.25) is 17.8 Å². The van der Waals surface area contributed by atoms with Gasteiger partial charge >= 0.3 is 0 Å². The van der Waals surface area contributed by atoms with E-state index in [0.29, 0.717) is 42.0 Å². The predicted octanol–water partition coefficient (Wildman–Crippen LogP) is 12.1. The van der Waals surface area contributed by atoms with Gasteiger partial charge < -0.3 is 49.9 Å². The number of nitrogens with zero attached hydrogens (tertiary/aromatic N) is 16. The second-order valence-corrected chi connectivity index (χ2v) is 30.3. The second kappa shape index (κ2) is 27.4. The van der Waals surface area contributed by atoms with E-state index < -0.39 is 0 Å². The lowest BCUT2D eigenvalue weighted by Gasteiger charge is -2.43. The summed E-state index contributed by atoms with van der Waals surface area (Å²) < 4.78 is 3.16. The van der Waals surface area contributed by atoms with Crippen LogP contribution in [0, 0.1) is 5.41 Å². The number of anilines is 9. The van der Waals surface area contributed by atoms with E-state index in [1.165, 1.54) is 104 Å². The first-order chi connectivity index (χ1) is 47.9. The van der Waals surface area contributed by atoms with Gasteiger partial charge in [-0.1, -0.05) is 57.1 Å². The fourth-order valence-corrected chi connectivity index (χ4v) is 18.5. The number of aromatic nitrogens is 10. The number of Topliss-reactive ketones (excluding diaryl/α,β-unsaturated/α-hetero) is 2. The van der Waals surface area contributed by atoms with Crippen LogP contribution in [0.25, 0.3) is 26.8 Å². The number of piperazine rings is 3. The summed E-state index contributed by atoms with van der Waals surface area (Å²) in [6.45, 7) is 13.0. The van der Waals surface area contributed by atoms with Crippen LogP contribution in [0.1, 0.15) is 153 Å². The maximum absolute atomic E-state index is 12.8. The Kier molecular flexibility index (Phi) is 18.0. The molecule has 8 aromatic heterocycles. The minimum absolute atomic E-state index is 0.111. The van der Waals surface area contributed by atoms with Crippen LogP contribution >= 0.6 is 11.3 Å². The highest BCUT2D eigenvalue weighted by atomic mass is 32.1. The molecule has 3 spiro atoms. The molecular formula is C75H92N20O2S. The second-order valence-electron chi connectivity index (χ2n) is 29.2. The Morgan fingerprint density at radius 2 is 1.02 bits per heavy atom. The molecule has 10 aliphatic rings. The highest BCUT2D eigenvalue weighted by Crippen LogP contribution is 2.56. The normalized spacial score (nSPS) is 21.3. The maximum atomic E-state index is 12.8. The van der Waals surface area contributed by atoms with E-state index in [-0.39, 0.29) is 22.6 Å². The van der Waals surface area contributed by atoms with Crippen molar-refractivity contribution in [1.29, 1.82) is 0 Å². The molecule has 98 heavy (non-hydrogen) atoms. The zero-order valence-corrected chi connectivity index (χ0v) is 58.0. The fourth-order valence-electron chi connectivity index (χ4n) is 17.3. The van der Waals surface area contributed by atoms with Gasteiger partial charge in [-0.3, -0.25) is 14.9 Å². The van der Waals surface area contributed by atoms with Gasteiger partial charge in [0.15, 0.2) is 11.6 Å². The zero-order valence-electron chi connectivity index (χ0n) is 57.2. The first kappa shape index (κ1) is 64.3. The molecule has 510 valence electrons. The first-order valence-corrected chi connectivity index (χ1v) is 37.0. The number of allylic oxidation sites excluding steroid dienone is 4. The maximum Gasteiger partial charge on any atom is 0.230 e. The lowest BCUT2D eigenvalue weighted by molar-refractivity contribution is 0.0807. The van der Waals surface area contributed by atoms with Crippen LogP contribution < -0.4 is 36.0 Å². The number of hydrogen-bond acceptors (Lipinski definition) is 22. The number of hydrogen-bond donors (Lipinski definition) is 4. The number of pyridine rings is 3. The Morgan fingerprint density at radius 1 is 0.510 bits per heavy atom. The van der Waals surface area contributed by atoms with Gasteiger partial charge in [0.05, 0.1) is 80.5 Å². The highest BCUT2D eigenvalue weighted by molar-refractivity contribution is 7.21. The molecule has 23 heteroatoms. The molecular weight excluding hydrogens is 1250 g/mol. The molecule has 0 atom stereocenters. The van der Waals surface area contributed by atoms with Crippen LogP contribution in [0.2, 0.25) is 0 Å². The summed E-state index contributed by atoms with van der Waals surface area (Å²) in [5.41, 5.74) is 12.8. The number of nitrogens with one attached hydrogen (secondary N) is 4. The van der Waals surface area contributed by atoms with E-state index in [1.807, 2.05) is 55.2 Å². The van der Waals surface area contributed by atoms with Crippen LogP contribution in [0.4, 0.5) is 52.4 Å². The van der Waals surface area contributed by atoms with Crippen molar-refractivity contribution in [2.75, 3.05) is 137 Å². The quantitative estimate of drug-likeness (QED) is 0.105. The van der Waals surface area contributed by atoms with Gasteiger partial charge in [-0.05, 0) is 144 Å². The molecule has 6 fully saturated rings. The Morgan fingerprint density at radius 3 is 1.57 bits per heavy atom. The summed E-state index contributed by atoms with van der Waals surface area (Å²) in [5, 5.41) is 14.3. The van der Waals surface area contributed by atoms with Crippen molar-refractivity contribution in [3.63, 3.8) is 0 Å². The van der Waals surface area contributed by atoms with Gasteiger partial charge in [0.1, 0.15) is 23.1 Å². The average Bonchev–Trinajstić information content (AvgIpc) is 1.55. The summed E-state index contributed by atoms with van der Waals surface area (Å²) >= 11 is 1.58. The van der Waals surface area contributed by atoms with Gasteiger partial charge in [-0.2, -0.15) is 4.98 Å². The average molecular weight is 1340 g/mol. The fraction of sp³-hybridized carbons (Fsp3) is 0.507. The molecule has 0 radical (unpaired) electrons. The third kappa shape index (κ3) is 12.9. The minimum atomic E-state index is -0.225. The molecule has 22 nitrogen and oxygen atoms in total. The van der Waals surface area contributed by atoms with Crippen molar-refractivity contribution in [3.05, 3.63) is 125 Å². The minimum Gasteiger partial charge on any atom is -0.368 e. The van der Waals surface area contributed by atoms with Crippen molar-refractivity contribution in [2.45, 2.75) is 133 Å². The summed E-state index contributed by atoms with van der Waals surface area (Å²) in [6.07, 6.45) is 38.3. The molecule has 8 aromatic rings. The highest BCUT2D eigenvalue weighted by Gasteiger charge is 2.46. The summed E-state index contributed by atoms with van der Waals surface area (Å²) in [5.74, 6) is 4.32. The number of fused-ring (bicyclic) bond motifs is 11. The summed E-state index contributed by atoms with van der Waals surface area (Å²) in [4.78, 5) is 82.9. The van der Waals surface area contributed by atoms with E-state index in [9.17, 15) is 9.59 Å². The van der Waals surface area contributed by atoms with Gasteiger partial charge in [0, 0.05) is 126 Å². The molecule has 4 aliphatic heterocycles. The molecule has 0 amide bonds.